The highest BCUT2D eigenvalue weighted by Crippen LogP contribution is 2.36. The van der Waals surface area contributed by atoms with Crippen LogP contribution in [0.25, 0.3) is 0 Å². The number of benzene rings is 1. The van der Waals surface area contributed by atoms with E-state index in [1.807, 2.05) is 0 Å². The summed E-state index contributed by atoms with van der Waals surface area (Å²) in [4.78, 5) is 4.06. The fourth-order valence-corrected chi connectivity index (χ4v) is 2.32. The Labute approximate surface area is 133 Å². The largest absolute Gasteiger partial charge is 0.437 e. The van der Waals surface area contributed by atoms with E-state index in [0.29, 0.717) is 31.0 Å². The molecule has 0 atom stereocenters. The Morgan fingerprint density at radius 1 is 1.11 bits per heavy atom. The standard InChI is InChI=1S/C12H7BrCl3NO2/c13-6-3-9(16)11(4-8(6)15)19-12-2-1-7(14)10(5-18)17-12/h1-4,18H,5H2. The molecule has 1 aromatic heterocycles. The number of nitrogens with zero attached hydrogens (tertiary/aromatic N) is 1. The molecule has 0 unspecified atom stereocenters. The van der Waals surface area contributed by atoms with Crippen molar-refractivity contribution >= 4 is 50.7 Å². The summed E-state index contributed by atoms with van der Waals surface area (Å²) >= 11 is 21.1. The number of aliphatic hydroxyl groups is 1. The molecule has 0 spiro atoms. The molecule has 1 heterocycles. The summed E-state index contributed by atoms with van der Waals surface area (Å²) in [6.45, 7) is -0.273. The summed E-state index contributed by atoms with van der Waals surface area (Å²) in [7, 11) is 0. The molecule has 1 N–H and O–H groups in total. The van der Waals surface area contributed by atoms with Crippen LogP contribution in [0.5, 0.6) is 11.6 Å². The van der Waals surface area contributed by atoms with Crippen molar-refractivity contribution in [2.75, 3.05) is 0 Å². The first-order valence-corrected chi connectivity index (χ1v) is 7.02. The number of ether oxygens (including phenoxy) is 1. The quantitative estimate of drug-likeness (QED) is 0.751. The first-order valence-electron chi connectivity index (χ1n) is 5.10. The van der Waals surface area contributed by atoms with Gasteiger partial charge in [0, 0.05) is 16.6 Å². The lowest BCUT2D eigenvalue weighted by atomic mass is 10.3. The molecule has 0 saturated heterocycles. The summed E-state index contributed by atoms with van der Waals surface area (Å²) in [5.74, 6) is 0.641. The summed E-state index contributed by atoms with van der Waals surface area (Å²) in [5, 5.41) is 10.3. The number of aliphatic hydroxyl groups excluding tert-OH is 1. The van der Waals surface area contributed by atoms with Crippen LogP contribution in [0, 0.1) is 0 Å². The fourth-order valence-electron chi connectivity index (χ4n) is 1.33. The van der Waals surface area contributed by atoms with Gasteiger partial charge in [-0.15, -0.1) is 0 Å². The smallest absolute Gasteiger partial charge is 0.219 e. The number of hydrogen-bond donors (Lipinski definition) is 1. The molecule has 7 heteroatoms. The van der Waals surface area contributed by atoms with Crippen LogP contribution in [0.3, 0.4) is 0 Å². The van der Waals surface area contributed by atoms with Gasteiger partial charge in [0.05, 0.1) is 27.4 Å². The molecule has 100 valence electrons. The lowest BCUT2D eigenvalue weighted by molar-refractivity contribution is 0.275. The first kappa shape index (κ1) is 14.9. The Morgan fingerprint density at radius 3 is 2.53 bits per heavy atom. The second-order valence-electron chi connectivity index (χ2n) is 3.53. The number of rotatable bonds is 3. The van der Waals surface area contributed by atoms with Gasteiger partial charge in [-0.05, 0) is 28.1 Å². The van der Waals surface area contributed by atoms with Crippen molar-refractivity contribution in [2.45, 2.75) is 6.61 Å². The molecule has 3 nitrogen and oxygen atoms in total. The van der Waals surface area contributed by atoms with E-state index >= 15 is 0 Å². The lowest BCUT2D eigenvalue weighted by Gasteiger charge is -2.09. The Balaban J connectivity index is 2.33. The predicted molar refractivity (Wildman–Crippen MR) is 79.4 cm³/mol. The first-order chi connectivity index (χ1) is 9.01. The van der Waals surface area contributed by atoms with Gasteiger partial charge in [0.15, 0.2) is 0 Å². The van der Waals surface area contributed by atoms with E-state index in [1.165, 1.54) is 0 Å². The van der Waals surface area contributed by atoms with Crippen LogP contribution in [0.2, 0.25) is 15.1 Å². The van der Waals surface area contributed by atoms with E-state index in [1.54, 1.807) is 24.3 Å². The van der Waals surface area contributed by atoms with Gasteiger partial charge >= 0.3 is 0 Å². The van der Waals surface area contributed by atoms with Crippen molar-refractivity contribution in [1.82, 2.24) is 4.98 Å². The SMILES string of the molecule is OCc1nc(Oc2cc(Cl)c(Br)cc2Cl)ccc1Cl. The van der Waals surface area contributed by atoms with E-state index in [2.05, 4.69) is 20.9 Å². The molecule has 0 bridgehead atoms. The van der Waals surface area contributed by atoms with E-state index in [0.717, 1.165) is 0 Å². The molecule has 1 aromatic carbocycles. The molecule has 0 aliphatic heterocycles. The van der Waals surface area contributed by atoms with Crippen molar-refractivity contribution in [1.29, 1.82) is 0 Å². The summed E-state index contributed by atoms with van der Waals surface area (Å²) < 4.78 is 6.20. The molecule has 0 fully saturated rings. The number of pyridine rings is 1. The Bertz CT molecular complexity index is 622. The third kappa shape index (κ3) is 3.52. The molecule has 0 radical (unpaired) electrons. The number of aromatic nitrogens is 1. The van der Waals surface area contributed by atoms with Crippen molar-refractivity contribution in [2.24, 2.45) is 0 Å². The molecule has 0 aliphatic carbocycles. The fraction of sp³-hybridized carbons (Fsp3) is 0.0833. The Kier molecular flexibility index (Phi) is 4.92. The zero-order valence-corrected chi connectivity index (χ0v) is 13.2. The van der Waals surface area contributed by atoms with Gasteiger partial charge in [0.1, 0.15) is 5.75 Å². The highest BCUT2D eigenvalue weighted by Gasteiger charge is 2.10. The van der Waals surface area contributed by atoms with E-state index in [-0.39, 0.29) is 12.5 Å². The molecule has 19 heavy (non-hydrogen) atoms. The van der Waals surface area contributed by atoms with Crippen molar-refractivity contribution in [3.63, 3.8) is 0 Å². The van der Waals surface area contributed by atoms with Gasteiger partial charge in [-0.3, -0.25) is 0 Å². The minimum Gasteiger partial charge on any atom is -0.437 e. The second-order valence-corrected chi connectivity index (χ2v) is 5.61. The molecule has 0 saturated carbocycles. The molecular weight excluding hydrogens is 376 g/mol. The second kappa shape index (κ2) is 6.29. The third-order valence-corrected chi connectivity index (χ3v) is 4.07. The van der Waals surface area contributed by atoms with Crippen molar-refractivity contribution in [3.05, 3.63) is 49.5 Å². The maximum Gasteiger partial charge on any atom is 0.219 e. The van der Waals surface area contributed by atoms with Crippen LogP contribution in [-0.2, 0) is 6.61 Å². The summed E-state index contributed by atoms with van der Waals surface area (Å²) in [5.41, 5.74) is 0.332. The molecule has 0 amide bonds. The highest BCUT2D eigenvalue weighted by molar-refractivity contribution is 9.10. The van der Waals surface area contributed by atoms with Crippen LogP contribution in [0.4, 0.5) is 0 Å². The van der Waals surface area contributed by atoms with Gasteiger partial charge in [0.25, 0.3) is 0 Å². The van der Waals surface area contributed by atoms with Gasteiger partial charge in [-0.1, -0.05) is 34.8 Å². The topological polar surface area (TPSA) is 42.4 Å². The monoisotopic (exact) mass is 381 g/mol. The zero-order valence-electron chi connectivity index (χ0n) is 9.33. The van der Waals surface area contributed by atoms with Crippen molar-refractivity contribution < 1.29 is 9.84 Å². The van der Waals surface area contributed by atoms with Gasteiger partial charge in [0.2, 0.25) is 5.88 Å². The minimum absolute atomic E-state index is 0.272. The van der Waals surface area contributed by atoms with Crippen LogP contribution in [0.15, 0.2) is 28.7 Å². The Morgan fingerprint density at radius 2 is 1.84 bits per heavy atom. The lowest BCUT2D eigenvalue weighted by Crippen LogP contribution is -1.95. The zero-order chi connectivity index (χ0) is 14.0. The third-order valence-electron chi connectivity index (χ3n) is 2.23. The average Bonchev–Trinajstić information content (AvgIpc) is 2.38. The van der Waals surface area contributed by atoms with Gasteiger partial charge < -0.3 is 9.84 Å². The maximum atomic E-state index is 9.09. The van der Waals surface area contributed by atoms with Crippen LogP contribution in [0.1, 0.15) is 5.69 Å². The van der Waals surface area contributed by atoms with Crippen LogP contribution in [-0.4, -0.2) is 10.1 Å². The average molecular weight is 383 g/mol. The molecule has 2 rings (SSSR count). The molecular formula is C12H7BrCl3NO2. The van der Waals surface area contributed by atoms with E-state index < -0.39 is 0 Å². The summed E-state index contributed by atoms with van der Waals surface area (Å²) in [6, 6.07) is 6.36. The van der Waals surface area contributed by atoms with E-state index in [9.17, 15) is 0 Å². The highest BCUT2D eigenvalue weighted by atomic mass is 79.9. The number of halogens is 4. The van der Waals surface area contributed by atoms with Crippen molar-refractivity contribution in [3.8, 4) is 11.6 Å². The van der Waals surface area contributed by atoms with E-state index in [4.69, 9.17) is 44.6 Å². The Hall–Kier alpha value is -0.520. The molecule has 2 aromatic rings. The van der Waals surface area contributed by atoms with Crippen LogP contribution < -0.4 is 4.74 Å². The minimum atomic E-state index is -0.273. The number of hydrogen-bond acceptors (Lipinski definition) is 3. The van der Waals surface area contributed by atoms with Crippen LogP contribution >= 0.6 is 50.7 Å². The summed E-state index contributed by atoms with van der Waals surface area (Å²) in [6.07, 6.45) is 0. The predicted octanol–water partition coefficient (Wildman–Crippen LogP) is 5.09. The maximum absolute atomic E-state index is 9.09. The van der Waals surface area contributed by atoms with Gasteiger partial charge in [-0.25, -0.2) is 4.98 Å². The molecule has 0 aliphatic rings. The normalized spacial score (nSPS) is 10.6. The van der Waals surface area contributed by atoms with Gasteiger partial charge in [-0.2, -0.15) is 0 Å².